The number of benzene rings is 3. The number of hydrogen-bond donors (Lipinski definition) is 2. The van der Waals surface area contributed by atoms with E-state index in [0.717, 1.165) is 11.3 Å². The van der Waals surface area contributed by atoms with Crippen molar-refractivity contribution in [3.63, 3.8) is 0 Å². The lowest BCUT2D eigenvalue weighted by molar-refractivity contribution is -0.114. The van der Waals surface area contributed by atoms with Crippen LogP contribution in [0.2, 0.25) is 0 Å². The van der Waals surface area contributed by atoms with E-state index in [-0.39, 0.29) is 11.8 Å². The molecule has 0 unspecified atom stereocenters. The van der Waals surface area contributed by atoms with E-state index in [1.54, 1.807) is 48.5 Å². The summed E-state index contributed by atoms with van der Waals surface area (Å²) in [4.78, 5) is 23.4. The second-order valence-electron chi connectivity index (χ2n) is 6.16. The minimum atomic E-state index is -0.218. The van der Waals surface area contributed by atoms with E-state index in [9.17, 15) is 9.59 Å². The minimum absolute atomic E-state index is 0.139. The molecule has 0 bridgehead atoms. The fourth-order valence-electron chi connectivity index (χ4n) is 2.53. The molecular formula is C22H20N2O3. The van der Waals surface area contributed by atoms with Crippen LogP contribution >= 0.6 is 0 Å². The number of anilines is 2. The van der Waals surface area contributed by atoms with Gasteiger partial charge in [0.05, 0.1) is 0 Å². The second-order valence-corrected chi connectivity index (χ2v) is 6.16. The van der Waals surface area contributed by atoms with E-state index in [4.69, 9.17) is 4.74 Å². The third-order valence-corrected chi connectivity index (χ3v) is 3.80. The Hall–Kier alpha value is -3.60. The van der Waals surface area contributed by atoms with Gasteiger partial charge in [-0.2, -0.15) is 0 Å². The zero-order valence-electron chi connectivity index (χ0n) is 15.2. The summed E-state index contributed by atoms with van der Waals surface area (Å²) < 4.78 is 5.79. The molecule has 2 N–H and O–H groups in total. The molecule has 0 atom stereocenters. The van der Waals surface area contributed by atoms with E-state index in [0.29, 0.717) is 22.7 Å². The molecule has 0 aliphatic rings. The molecule has 5 heteroatoms. The van der Waals surface area contributed by atoms with Crippen molar-refractivity contribution in [2.45, 2.75) is 13.8 Å². The summed E-state index contributed by atoms with van der Waals surface area (Å²) in [6.45, 7) is 3.45. The monoisotopic (exact) mass is 360 g/mol. The van der Waals surface area contributed by atoms with Gasteiger partial charge in [0.2, 0.25) is 5.91 Å². The summed E-state index contributed by atoms with van der Waals surface area (Å²) in [5.41, 5.74) is 2.97. The topological polar surface area (TPSA) is 67.4 Å². The largest absolute Gasteiger partial charge is 0.457 e. The first-order valence-corrected chi connectivity index (χ1v) is 8.53. The van der Waals surface area contributed by atoms with Crippen molar-refractivity contribution >= 4 is 23.2 Å². The number of nitrogens with one attached hydrogen (secondary N) is 2. The molecule has 0 fully saturated rings. The summed E-state index contributed by atoms with van der Waals surface area (Å²) >= 11 is 0. The first-order chi connectivity index (χ1) is 13.0. The number of hydrogen-bond acceptors (Lipinski definition) is 3. The van der Waals surface area contributed by atoms with Crippen molar-refractivity contribution < 1.29 is 14.3 Å². The summed E-state index contributed by atoms with van der Waals surface area (Å²) in [7, 11) is 0. The molecule has 3 aromatic carbocycles. The van der Waals surface area contributed by atoms with Gasteiger partial charge in [0.25, 0.3) is 5.91 Å². The lowest BCUT2D eigenvalue weighted by Gasteiger charge is -2.09. The molecule has 3 aromatic rings. The van der Waals surface area contributed by atoms with E-state index >= 15 is 0 Å². The molecule has 0 aliphatic carbocycles. The SMILES string of the molecule is CC(=O)Nc1ccc(NC(=O)c2ccc(Oc3cccc(C)c3)cc2)cc1. The Morgan fingerprint density at radius 2 is 1.41 bits per heavy atom. The van der Waals surface area contributed by atoms with Crippen molar-refractivity contribution in [1.29, 1.82) is 0 Å². The summed E-state index contributed by atoms with van der Waals surface area (Å²) in [5, 5.41) is 5.50. The number of carbonyl (C=O) groups excluding carboxylic acids is 2. The molecule has 0 saturated carbocycles. The van der Waals surface area contributed by atoms with Gasteiger partial charge in [0.1, 0.15) is 11.5 Å². The van der Waals surface area contributed by atoms with Gasteiger partial charge in [0, 0.05) is 23.9 Å². The van der Waals surface area contributed by atoms with Crippen LogP contribution in [-0.2, 0) is 4.79 Å². The Morgan fingerprint density at radius 1 is 0.778 bits per heavy atom. The van der Waals surface area contributed by atoms with E-state index in [2.05, 4.69) is 10.6 Å². The van der Waals surface area contributed by atoms with Gasteiger partial charge in [-0.05, 0) is 73.2 Å². The Morgan fingerprint density at radius 3 is 2.00 bits per heavy atom. The van der Waals surface area contributed by atoms with Crippen molar-refractivity contribution in [2.24, 2.45) is 0 Å². The molecule has 0 aliphatic heterocycles. The molecule has 2 amide bonds. The Balaban J connectivity index is 1.62. The maximum Gasteiger partial charge on any atom is 0.255 e. The number of rotatable bonds is 5. The zero-order chi connectivity index (χ0) is 19.2. The molecule has 3 rings (SSSR count). The summed E-state index contributed by atoms with van der Waals surface area (Å²) in [6.07, 6.45) is 0. The fourth-order valence-corrected chi connectivity index (χ4v) is 2.53. The highest BCUT2D eigenvalue weighted by atomic mass is 16.5. The highest BCUT2D eigenvalue weighted by Gasteiger charge is 2.07. The van der Waals surface area contributed by atoms with Crippen LogP contribution in [0.5, 0.6) is 11.5 Å². The van der Waals surface area contributed by atoms with Crippen LogP contribution in [0.4, 0.5) is 11.4 Å². The van der Waals surface area contributed by atoms with Gasteiger partial charge in [-0.3, -0.25) is 9.59 Å². The van der Waals surface area contributed by atoms with Crippen molar-refractivity contribution in [1.82, 2.24) is 0 Å². The molecule has 0 radical (unpaired) electrons. The summed E-state index contributed by atoms with van der Waals surface area (Å²) in [5.74, 6) is 1.06. The predicted molar refractivity (Wildman–Crippen MR) is 106 cm³/mol. The van der Waals surface area contributed by atoms with Gasteiger partial charge in [-0.15, -0.1) is 0 Å². The maximum atomic E-state index is 12.4. The maximum absolute atomic E-state index is 12.4. The van der Waals surface area contributed by atoms with Crippen molar-refractivity contribution in [3.8, 4) is 11.5 Å². The highest BCUT2D eigenvalue weighted by molar-refractivity contribution is 6.04. The number of aryl methyl sites for hydroxylation is 1. The molecule has 0 spiro atoms. The van der Waals surface area contributed by atoms with Gasteiger partial charge in [-0.1, -0.05) is 12.1 Å². The van der Waals surface area contributed by atoms with Gasteiger partial charge in [0.15, 0.2) is 0 Å². The third kappa shape index (κ3) is 5.19. The average Bonchev–Trinajstić information content (AvgIpc) is 2.63. The predicted octanol–water partition coefficient (Wildman–Crippen LogP) is 5.00. The normalized spacial score (nSPS) is 10.1. The molecule has 27 heavy (non-hydrogen) atoms. The molecular weight excluding hydrogens is 340 g/mol. The first kappa shape index (κ1) is 18.2. The fraction of sp³-hybridized carbons (Fsp3) is 0.0909. The minimum Gasteiger partial charge on any atom is -0.457 e. The third-order valence-electron chi connectivity index (χ3n) is 3.80. The number of amides is 2. The van der Waals surface area contributed by atoms with Crippen LogP contribution in [0, 0.1) is 6.92 Å². The van der Waals surface area contributed by atoms with E-state index in [1.807, 2.05) is 31.2 Å². The van der Waals surface area contributed by atoms with Crippen LogP contribution < -0.4 is 15.4 Å². The van der Waals surface area contributed by atoms with E-state index in [1.165, 1.54) is 6.92 Å². The lowest BCUT2D eigenvalue weighted by Crippen LogP contribution is -2.12. The number of carbonyl (C=O) groups is 2. The molecule has 5 nitrogen and oxygen atoms in total. The van der Waals surface area contributed by atoms with Crippen LogP contribution in [0.15, 0.2) is 72.8 Å². The van der Waals surface area contributed by atoms with Crippen LogP contribution in [-0.4, -0.2) is 11.8 Å². The van der Waals surface area contributed by atoms with Crippen molar-refractivity contribution in [3.05, 3.63) is 83.9 Å². The Labute approximate surface area is 158 Å². The van der Waals surface area contributed by atoms with Gasteiger partial charge in [-0.25, -0.2) is 0 Å². The first-order valence-electron chi connectivity index (χ1n) is 8.53. The average molecular weight is 360 g/mol. The molecule has 0 aromatic heterocycles. The standard InChI is InChI=1S/C22H20N2O3/c1-15-4-3-5-21(14-15)27-20-12-6-17(7-13-20)22(26)24-19-10-8-18(9-11-19)23-16(2)25/h3-14H,1-2H3,(H,23,25)(H,24,26). The van der Waals surface area contributed by atoms with Crippen molar-refractivity contribution in [2.75, 3.05) is 10.6 Å². The lowest BCUT2D eigenvalue weighted by atomic mass is 10.2. The summed E-state index contributed by atoms with van der Waals surface area (Å²) in [6, 6.07) is 21.7. The molecule has 0 saturated heterocycles. The number of ether oxygens (including phenoxy) is 1. The van der Waals surface area contributed by atoms with E-state index < -0.39 is 0 Å². The van der Waals surface area contributed by atoms with Crippen LogP contribution in [0.3, 0.4) is 0 Å². The van der Waals surface area contributed by atoms with Crippen LogP contribution in [0.25, 0.3) is 0 Å². The second kappa shape index (κ2) is 8.19. The smallest absolute Gasteiger partial charge is 0.255 e. The quantitative estimate of drug-likeness (QED) is 0.673. The molecule has 136 valence electrons. The highest BCUT2D eigenvalue weighted by Crippen LogP contribution is 2.23. The van der Waals surface area contributed by atoms with Gasteiger partial charge < -0.3 is 15.4 Å². The van der Waals surface area contributed by atoms with Crippen LogP contribution in [0.1, 0.15) is 22.8 Å². The Bertz CT molecular complexity index is 948. The molecule has 0 heterocycles. The Kier molecular flexibility index (Phi) is 5.52. The zero-order valence-corrected chi connectivity index (χ0v) is 15.2. The van der Waals surface area contributed by atoms with Gasteiger partial charge >= 0.3 is 0 Å².